The van der Waals surface area contributed by atoms with Crippen molar-refractivity contribution in [2.45, 2.75) is 25.7 Å². The Balaban J connectivity index is 2.44. The Kier molecular flexibility index (Phi) is 2.93. The Labute approximate surface area is 99.5 Å². The lowest BCUT2D eigenvalue weighted by atomic mass is 9.73. The lowest BCUT2D eigenvalue weighted by Crippen LogP contribution is -2.43. The first kappa shape index (κ1) is 12.1. The molecule has 94 valence electrons. The predicted octanol–water partition coefficient (Wildman–Crippen LogP) is 0.708. The normalized spacial score (nSPS) is 35.5. The molecular weight excluding hydrogens is 224 g/mol. The van der Waals surface area contributed by atoms with E-state index in [9.17, 15) is 14.4 Å². The zero-order valence-electron chi connectivity index (χ0n) is 10.0. The number of methoxy groups -OCH3 is 2. The quantitative estimate of drug-likeness (QED) is 0.525. The van der Waals surface area contributed by atoms with Crippen molar-refractivity contribution in [1.29, 1.82) is 0 Å². The molecule has 3 atom stereocenters. The molecular formula is C12H16O5. The highest BCUT2D eigenvalue weighted by atomic mass is 16.5. The lowest BCUT2D eigenvalue weighted by Gasteiger charge is -2.29. The second kappa shape index (κ2) is 4.13. The maximum Gasteiger partial charge on any atom is 0.317 e. The van der Waals surface area contributed by atoms with Crippen molar-refractivity contribution in [3.63, 3.8) is 0 Å². The van der Waals surface area contributed by atoms with E-state index in [1.54, 1.807) is 0 Å². The Morgan fingerprint density at radius 2 is 2.00 bits per heavy atom. The van der Waals surface area contributed by atoms with Crippen LogP contribution in [0.15, 0.2) is 0 Å². The fourth-order valence-corrected chi connectivity index (χ4v) is 3.45. The van der Waals surface area contributed by atoms with E-state index in [4.69, 9.17) is 4.74 Å². The van der Waals surface area contributed by atoms with Crippen LogP contribution in [0.1, 0.15) is 25.7 Å². The monoisotopic (exact) mass is 240 g/mol. The van der Waals surface area contributed by atoms with Gasteiger partial charge in [0.15, 0.2) is 0 Å². The van der Waals surface area contributed by atoms with Crippen LogP contribution in [0.4, 0.5) is 0 Å². The highest BCUT2D eigenvalue weighted by Gasteiger charge is 2.65. The zero-order chi connectivity index (χ0) is 12.6. The van der Waals surface area contributed by atoms with Gasteiger partial charge < -0.3 is 9.47 Å². The van der Waals surface area contributed by atoms with Gasteiger partial charge in [-0.2, -0.15) is 0 Å². The van der Waals surface area contributed by atoms with E-state index in [1.807, 2.05) is 0 Å². The van der Waals surface area contributed by atoms with Crippen LogP contribution in [0.25, 0.3) is 0 Å². The molecule has 0 aliphatic heterocycles. The Morgan fingerprint density at radius 1 is 1.29 bits per heavy atom. The molecule has 2 aliphatic rings. The summed E-state index contributed by atoms with van der Waals surface area (Å²) in [4.78, 5) is 35.7. The minimum Gasteiger partial charge on any atom is -0.469 e. The van der Waals surface area contributed by atoms with Crippen LogP contribution in [0, 0.1) is 17.3 Å². The summed E-state index contributed by atoms with van der Waals surface area (Å²) >= 11 is 0. The summed E-state index contributed by atoms with van der Waals surface area (Å²) < 4.78 is 9.48. The number of hydrogen-bond acceptors (Lipinski definition) is 5. The molecule has 0 radical (unpaired) electrons. The summed E-state index contributed by atoms with van der Waals surface area (Å²) in [5, 5.41) is 0. The number of fused-ring (bicyclic) bond motifs is 1. The highest BCUT2D eigenvalue weighted by Crippen LogP contribution is 2.56. The van der Waals surface area contributed by atoms with Gasteiger partial charge in [-0.15, -0.1) is 0 Å². The van der Waals surface area contributed by atoms with Gasteiger partial charge in [0.05, 0.1) is 19.6 Å². The SMILES string of the molecule is COC(=O)C1C(=O)CC2CCCC21C(=O)OC. The first-order valence-electron chi connectivity index (χ1n) is 5.77. The molecule has 0 saturated heterocycles. The van der Waals surface area contributed by atoms with Crippen LogP contribution in [0.5, 0.6) is 0 Å². The van der Waals surface area contributed by atoms with Crippen LogP contribution in [0.3, 0.4) is 0 Å². The number of hydrogen-bond donors (Lipinski definition) is 0. The molecule has 5 nitrogen and oxygen atoms in total. The maximum atomic E-state index is 12.0. The third-order valence-electron chi connectivity index (χ3n) is 4.16. The number of ketones is 1. The van der Waals surface area contributed by atoms with E-state index in [2.05, 4.69) is 4.74 Å². The van der Waals surface area contributed by atoms with Crippen molar-refractivity contribution >= 4 is 17.7 Å². The molecule has 2 saturated carbocycles. The van der Waals surface area contributed by atoms with Gasteiger partial charge in [-0.3, -0.25) is 14.4 Å². The molecule has 0 amide bonds. The van der Waals surface area contributed by atoms with Gasteiger partial charge in [0.25, 0.3) is 0 Å². The van der Waals surface area contributed by atoms with Crippen molar-refractivity contribution in [3.8, 4) is 0 Å². The fraction of sp³-hybridized carbons (Fsp3) is 0.750. The number of esters is 2. The molecule has 2 aliphatic carbocycles. The molecule has 0 aromatic heterocycles. The molecule has 2 rings (SSSR count). The smallest absolute Gasteiger partial charge is 0.317 e. The Bertz CT molecular complexity index is 367. The Morgan fingerprint density at radius 3 is 2.59 bits per heavy atom. The first-order chi connectivity index (χ1) is 8.07. The zero-order valence-corrected chi connectivity index (χ0v) is 10.0. The summed E-state index contributed by atoms with van der Waals surface area (Å²) in [5.74, 6) is -2.27. The maximum absolute atomic E-state index is 12.0. The summed E-state index contributed by atoms with van der Waals surface area (Å²) in [6.45, 7) is 0. The minimum atomic E-state index is -0.965. The van der Waals surface area contributed by atoms with Crippen molar-refractivity contribution in [3.05, 3.63) is 0 Å². The average molecular weight is 240 g/mol. The molecule has 0 spiro atoms. The summed E-state index contributed by atoms with van der Waals surface area (Å²) in [6, 6.07) is 0. The molecule has 5 heteroatoms. The second-order valence-corrected chi connectivity index (χ2v) is 4.75. The van der Waals surface area contributed by atoms with Gasteiger partial charge >= 0.3 is 11.9 Å². The van der Waals surface area contributed by atoms with E-state index >= 15 is 0 Å². The molecule has 2 fully saturated rings. The van der Waals surface area contributed by atoms with E-state index in [1.165, 1.54) is 14.2 Å². The predicted molar refractivity (Wildman–Crippen MR) is 56.9 cm³/mol. The van der Waals surface area contributed by atoms with Crippen LogP contribution < -0.4 is 0 Å². The first-order valence-corrected chi connectivity index (χ1v) is 5.77. The third-order valence-corrected chi connectivity index (χ3v) is 4.16. The summed E-state index contributed by atoms with van der Waals surface area (Å²) in [5.41, 5.74) is -0.959. The van der Waals surface area contributed by atoms with Gasteiger partial charge in [0, 0.05) is 6.42 Å². The molecule has 0 aromatic carbocycles. The van der Waals surface area contributed by atoms with Crippen molar-refractivity contribution in [1.82, 2.24) is 0 Å². The lowest BCUT2D eigenvalue weighted by molar-refractivity contribution is -0.167. The summed E-state index contributed by atoms with van der Waals surface area (Å²) in [6.07, 6.45) is 2.47. The summed E-state index contributed by atoms with van der Waals surface area (Å²) in [7, 11) is 2.53. The molecule has 3 unspecified atom stereocenters. The Hall–Kier alpha value is -1.39. The molecule has 0 bridgehead atoms. The van der Waals surface area contributed by atoms with Crippen molar-refractivity contribution in [2.75, 3.05) is 14.2 Å². The van der Waals surface area contributed by atoms with E-state index < -0.39 is 23.3 Å². The van der Waals surface area contributed by atoms with Gasteiger partial charge in [0.1, 0.15) is 11.7 Å². The van der Waals surface area contributed by atoms with Crippen LogP contribution in [-0.4, -0.2) is 31.9 Å². The van der Waals surface area contributed by atoms with E-state index in [-0.39, 0.29) is 18.1 Å². The van der Waals surface area contributed by atoms with Gasteiger partial charge in [-0.05, 0) is 18.8 Å². The van der Waals surface area contributed by atoms with Crippen LogP contribution >= 0.6 is 0 Å². The molecule has 0 N–H and O–H groups in total. The van der Waals surface area contributed by atoms with Crippen LogP contribution in [0.2, 0.25) is 0 Å². The standard InChI is InChI=1S/C12H16O5/c1-16-10(14)9-8(13)6-7-4-3-5-12(7,9)11(15)17-2/h7,9H,3-6H2,1-2H3. The largest absolute Gasteiger partial charge is 0.469 e. The van der Waals surface area contributed by atoms with Gasteiger partial charge in [-0.25, -0.2) is 0 Å². The van der Waals surface area contributed by atoms with E-state index in [0.29, 0.717) is 6.42 Å². The molecule has 17 heavy (non-hydrogen) atoms. The molecule has 0 aromatic rings. The topological polar surface area (TPSA) is 69.7 Å². The number of ether oxygens (including phenoxy) is 2. The van der Waals surface area contributed by atoms with Gasteiger partial charge in [-0.1, -0.05) is 6.42 Å². The number of carbonyl (C=O) groups is 3. The molecule has 0 heterocycles. The number of carbonyl (C=O) groups excluding carboxylic acids is 3. The fourth-order valence-electron chi connectivity index (χ4n) is 3.45. The second-order valence-electron chi connectivity index (χ2n) is 4.75. The van der Waals surface area contributed by atoms with Crippen LogP contribution in [-0.2, 0) is 23.9 Å². The van der Waals surface area contributed by atoms with Crippen molar-refractivity contribution in [2.24, 2.45) is 17.3 Å². The third kappa shape index (κ3) is 1.48. The van der Waals surface area contributed by atoms with Gasteiger partial charge in [0.2, 0.25) is 0 Å². The number of rotatable bonds is 2. The number of Topliss-reactive ketones (excluding diaryl/α,β-unsaturated/α-hetero) is 1. The average Bonchev–Trinajstić information content (AvgIpc) is 2.83. The van der Waals surface area contributed by atoms with Crippen molar-refractivity contribution < 1.29 is 23.9 Å². The van der Waals surface area contributed by atoms with E-state index in [0.717, 1.165) is 12.8 Å². The highest BCUT2D eigenvalue weighted by molar-refractivity contribution is 6.07. The minimum absolute atomic E-state index is 0.0634.